The highest BCUT2D eigenvalue weighted by molar-refractivity contribution is 7.89. The molecule has 0 aromatic heterocycles. The molecule has 0 spiro atoms. The van der Waals surface area contributed by atoms with E-state index in [-0.39, 0.29) is 22.9 Å². The number of carbonyl (C=O) groups excluding carboxylic acids is 1. The smallest absolute Gasteiger partial charge is 0.251 e. The van der Waals surface area contributed by atoms with Crippen molar-refractivity contribution in [3.8, 4) is 5.75 Å². The number of ether oxygens (including phenoxy) is 1. The van der Waals surface area contributed by atoms with Gasteiger partial charge < -0.3 is 10.1 Å². The quantitative estimate of drug-likeness (QED) is 0.843. The van der Waals surface area contributed by atoms with E-state index in [1.54, 1.807) is 13.8 Å². The van der Waals surface area contributed by atoms with E-state index in [2.05, 4.69) is 10.0 Å². The van der Waals surface area contributed by atoms with Gasteiger partial charge in [-0.2, -0.15) is 0 Å². The molecule has 0 fully saturated rings. The van der Waals surface area contributed by atoms with Crippen LogP contribution < -0.4 is 14.8 Å². The Morgan fingerprint density at radius 3 is 2.50 bits per heavy atom. The second-order valence-corrected chi connectivity index (χ2v) is 8.22. The first-order valence-electron chi connectivity index (χ1n) is 8.52. The summed E-state index contributed by atoms with van der Waals surface area (Å²) in [6, 6.07) is 13.2. The molecule has 0 bridgehead atoms. The van der Waals surface area contributed by atoms with Crippen molar-refractivity contribution in [3.05, 3.63) is 59.7 Å². The van der Waals surface area contributed by atoms with Gasteiger partial charge in [0.25, 0.3) is 5.91 Å². The Hall–Kier alpha value is -2.38. The van der Waals surface area contributed by atoms with Crippen LogP contribution in [0.4, 0.5) is 0 Å². The Bertz CT molecular complexity index is 892. The van der Waals surface area contributed by atoms with Gasteiger partial charge in [0.15, 0.2) is 0 Å². The van der Waals surface area contributed by atoms with Gasteiger partial charge >= 0.3 is 0 Å². The molecule has 26 heavy (non-hydrogen) atoms. The summed E-state index contributed by atoms with van der Waals surface area (Å²) in [5.74, 6) is 0.540. The zero-order chi connectivity index (χ0) is 18.7. The standard InChI is InChI=1S/C19H22N2O4S/c1-13(2)21-26(23,24)15-9-7-14(8-10-15)19(22)20-17-11-12-25-18-6-4-3-5-16(17)18/h3-10,13,17,21H,11-12H2,1-2H3,(H,20,22)/t17-/m0/s1. The van der Waals surface area contributed by atoms with Gasteiger partial charge in [-0.3, -0.25) is 4.79 Å². The molecule has 138 valence electrons. The molecular weight excluding hydrogens is 352 g/mol. The van der Waals surface area contributed by atoms with E-state index >= 15 is 0 Å². The van der Waals surface area contributed by atoms with Gasteiger partial charge in [0, 0.05) is 23.6 Å². The number of amides is 1. The van der Waals surface area contributed by atoms with E-state index in [1.165, 1.54) is 24.3 Å². The maximum absolute atomic E-state index is 12.5. The first-order valence-corrected chi connectivity index (χ1v) is 10.00. The van der Waals surface area contributed by atoms with Gasteiger partial charge in [0.1, 0.15) is 5.75 Å². The average Bonchev–Trinajstić information content (AvgIpc) is 2.61. The van der Waals surface area contributed by atoms with Gasteiger partial charge in [0.05, 0.1) is 17.5 Å². The molecular formula is C19H22N2O4S. The van der Waals surface area contributed by atoms with E-state index in [4.69, 9.17) is 4.74 Å². The molecule has 1 aliphatic heterocycles. The lowest BCUT2D eigenvalue weighted by Crippen LogP contribution is -2.32. The molecule has 2 aromatic rings. The average molecular weight is 374 g/mol. The van der Waals surface area contributed by atoms with Crippen molar-refractivity contribution in [2.75, 3.05) is 6.61 Å². The predicted molar refractivity (Wildman–Crippen MR) is 98.7 cm³/mol. The van der Waals surface area contributed by atoms with Crippen molar-refractivity contribution in [3.63, 3.8) is 0 Å². The number of hydrogen-bond donors (Lipinski definition) is 2. The molecule has 0 aliphatic carbocycles. The van der Waals surface area contributed by atoms with Crippen LogP contribution in [0.5, 0.6) is 5.75 Å². The molecule has 0 saturated carbocycles. The summed E-state index contributed by atoms with van der Waals surface area (Å²) in [6.07, 6.45) is 0.688. The number of rotatable bonds is 5. The van der Waals surface area contributed by atoms with Crippen LogP contribution in [0, 0.1) is 0 Å². The molecule has 1 heterocycles. The highest BCUT2D eigenvalue weighted by atomic mass is 32.2. The second kappa shape index (κ2) is 7.47. The van der Waals surface area contributed by atoms with Gasteiger partial charge in [-0.25, -0.2) is 13.1 Å². The topological polar surface area (TPSA) is 84.5 Å². The SMILES string of the molecule is CC(C)NS(=O)(=O)c1ccc(C(=O)N[C@H]2CCOc3ccccc32)cc1. The summed E-state index contributed by atoms with van der Waals surface area (Å²) in [4.78, 5) is 12.7. The lowest BCUT2D eigenvalue weighted by molar-refractivity contribution is 0.0924. The lowest BCUT2D eigenvalue weighted by Gasteiger charge is -2.26. The van der Waals surface area contributed by atoms with Gasteiger partial charge in [0.2, 0.25) is 10.0 Å². The Kier molecular flexibility index (Phi) is 5.29. The molecule has 1 aliphatic rings. The van der Waals surface area contributed by atoms with Gasteiger partial charge in [-0.05, 0) is 44.2 Å². The summed E-state index contributed by atoms with van der Waals surface area (Å²) >= 11 is 0. The molecule has 6 nitrogen and oxygen atoms in total. The fourth-order valence-corrected chi connectivity index (χ4v) is 4.15. The largest absolute Gasteiger partial charge is 0.493 e. The minimum atomic E-state index is -3.57. The molecule has 7 heteroatoms. The summed E-state index contributed by atoms with van der Waals surface area (Å²) in [6.45, 7) is 4.05. The number of benzene rings is 2. The first-order chi connectivity index (χ1) is 12.4. The third-order valence-electron chi connectivity index (χ3n) is 4.08. The number of carbonyl (C=O) groups is 1. The number of para-hydroxylation sites is 1. The van der Waals surface area contributed by atoms with Crippen LogP contribution in [0.3, 0.4) is 0 Å². The highest BCUT2D eigenvalue weighted by Gasteiger charge is 2.23. The molecule has 3 rings (SSSR count). The molecule has 2 aromatic carbocycles. The van der Waals surface area contributed by atoms with Crippen LogP contribution in [0.15, 0.2) is 53.4 Å². The normalized spacial score (nSPS) is 16.7. The summed E-state index contributed by atoms with van der Waals surface area (Å²) in [5.41, 5.74) is 1.37. The van der Waals surface area contributed by atoms with E-state index in [9.17, 15) is 13.2 Å². The van der Waals surface area contributed by atoms with Crippen molar-refractivity contribution in [2.45, 2.75) is 37.2 Å². The molecule has 0 radical (unpaired) electrons. The molecule has 1 atom stereocenters. The molecule has 1 amide bonds. The van der Waals surface area contributed by atoms with Gasteiger partial charge in [-0.15, -0.1) is 0 Å². The van der Waals surface area contributed by atoms with Gasteiger partial charge in [-0.1, -0.05) is 18.2 Å². The summed E-state index contributed by atoms with van der Waals surface area (Å²) < 4.78 is 32.4. The third kappa shape index (κ3) is 4.05. The molecule has 2 N–H and O–H groups in total. The number of sulfonamides is 1. The Balaban J connectivity index is 1.74. The molecule has 0 unspecified atom stereocenters. The van der Waals surface area contributed by atoms with E-state index in [1.807, 2.05) is 24.3 Å². The van der Waals surface area contributed by atoms with Crippen molar-refractivity contribution in [2.24, 2.45) is 0 Å². The fraction of sp³-hybridized carbons (Fsp3) is 0.316. The molecule has 0 saturated heterocycles. The third-order valence-corrected chi connectivity index (χ3v) is 5.76. The zero-order valence-corrected chi connectivity index (χ0v) is 15.5. The Labute approximate surface area is 153 Å². The maximum Gasteiger partial charge on any atom is 0.251 e. The predicted octanol–water partition coefficient (Wildman–Crippen LogP) is 2.63. The zero-order valence-electron chi connectivity index (χ0n) is 14.7. The van der Waals surface area contributed by atoms with Crippen molar-refractivity contribution < 1.29 is 17.9 Å². The minimum Gasteiger partial charge on any atom is -0.493 e. The lowest BCUT2D eigenvalue weighted by atomic mass is 10.00. The van der Waals surface area contributed by atoms with Crippen LogP contribution in [-0.4, -0.2) is 27.0 Å². The fourth-order valence-electron chi connectivity index (χ4n) is 2.90. The van der Waals surface area contributed by atoms with Crippen molar-refractivity contribution in [1.82, 2.24) is 10.0 Å². The van der Waals surface area contributed by atoms with E-state index in [0.717, 1.165) is 11.3 Å². The second-order valence-electron chi connectivity index (χ2n) is 6.50. The number of nitrogens with one attached hydrogen (secondary N) is 2. The highest BCUT2D eigenvalue weighted by Crippen LogP contribution is 2.31. The summed E-state index contributed by atoms with van der Waals surface area (Å²) in [5, 5.41) is 3.00. The van der Waals surface area contributed by atoms with Crippen molar-refractivity contribution >= 4 is 15.9 Å². The monoisotopic (exact) mass is 374 g/mol. The minimum absolute atomic E-state index is 0.126. The van der Waals surface area contributed by atoms with Crippen molar-refractivity contribution in [1.29, 1.82) is 0 Å². The Morgan fingerprint density at radius 1 is 1.12 bits per heavy atom. The van der Waals surface area contributed by atoms with E-state index in [0.29, 0.717) is 18.6 Å². The van der Waals surface area contributed by atoms with E-state index < -0.39 is 10.0 Å². The maximum atomic E-state index is 12.5. The van der Waals surface area contributed by atoms with Crippen LogP contribution in [0.1, 0.15) is 42.2 Å². The number of fused-ring (bicyclic) bond motifs is 1. The number of hydrogen-bond acceptors (Lipinski definition) is 4. The van der Waals surface area contributed by atoms with Crippen LogP contribution in [-0.2, 0) is 10.0 Å². The first kappa shape index (κ1) is 18.4. The van der Waals surface area contributed by atoms with Crippen LogP contribution in [0.2, 0.25) is 0 Å². The Morgan fingerprint density at radius 2 is 1.81 bits per heavy atom. The summed E-state index contributed by atoms with van der Waals surface area (Å²) in [7, 11) is -3.57. The van der Waals surface area contributed by atoms with Crippen LogP contribution in [0.25, 0.3) is 0 Å². The van der Waals surface area contributed by atoms with Crippen LogP contribution >= 0.6 is 0 Å².